The van der Waals surface area contributed by atoms with E-state index in [1.165, 1.54) is 0 Å². The molecule has 0 aliphatic carbocycles. The second kappa shape index (κ2) is 6.57. The number of amides is 1. The van der Waals surface area contributed by atoms with E-state index in [2.05, 4.69) is 10.2 Å². The van der Waals surface area contributed by atoms with Crippen LogP contribution in [0.4, 0.5) is 5.69 Å². The number of hydrogen-bond donors (Lipinski definition) is 2. The van der Waals surface area contributed by atoms with Crippen LogP contribution in [0, 0.1) is 0 Å². The lowest BCUT2D eigenvalue weighted by molar-refractivity contribution is -0.116. The third kappa shape index (κ3) is 4.35. The lowest BCUT2D eigenvalue weighted by atomic mass is 10.3. The van der Waals surface area contributed by atoms with Gasteiger partial charge in [0.05, 0.1) is 16.8 Å². The van der Waals surface area contributed by atoms with Crippen LogP contribution < -0.4 is 5.32 Å². The standard InChI is InChI=1S/C13H16Cl2N2O2/c14-9-1-2-11(15)12(7-9)16-13(19)4-6-17-5-3-10(18)8-17/h1-2,7,10,18H,3-6,8H2,(H,16,19). The molecule has 1 unspecified atom stereocenters. The first-order valence-corrected chi connectivity index (χ1v) is 6.95. The first-order valence-electron chi connectivity index (χ1n) is 6.20. The molecule has 1 amide bonds. The van der Waals surface area contributed by atoms with Crippen molar-refractivity contribution in [2.75, 3.05) is 25.0 Å². The van der Waals surface area contributed by atoms with Gasteiger partial charge in [-0.3, -0.25) is 4.79 Å². The molecule has 0 aromatic heterocycles. The highest BCUT2D eigenvalue weighted by Gasteiger charge is 2.20. The molecular weight excluding hydrogens is 287 g/mol. The molecule has 0 radical (unpaired) electrons. The van der Waals surface area contributed by atoms with Crippen LogP contribution in [0.1, 0.15) is 12.8 Å². The Morgan fingerprint density at radius 3 is 2.95 bits per heavy atom. The molecule has 19 heavy (non-hydrogen) atoms. The third-order valence-electron chi connectivity index (χ3n) is 3.11. The Hall–Kier alpha value is -0.810. The third-order valence-corrected chi connectivity index (χ3v) is 3.67. The van der Waals surface area contributed by atoms with E-state index in [1.807, 2.05) is 0 Å². The summed E-state index contributed by atoms with van der Waals surface area (Å²) < 4.78 is 0. The van der Waals surface area contributed by atoms with Gasteiger partial charge in [0.2, 0.25) is 5.91 Å². The number of aliphatic hydroxyl groups excluding tert-OH is 1. The van der Waals surface area contributed by atoms with Crippen molar-refractivity contribution in [3.63, 3.8) is 0 Å². The molecule has 1 fully saturated rings. The van der Waals surface area contributed by atoms with Crippen LogP contribution in [-0.2, 0) is 4.79 Å². The maximum absolute atomic E-state index is 11.8. The van der Waals surface area contributed by atoms with Gasteiger partial charge in [-0.15, -0.1) is 0 Å². The topological polar surface area (TPSA) is 52.6 Å². The van der Waals surface area contributed by atoms with Gasteiger partial charge in [-0.1, -0.05) is 23.2 Å². The Labute approximate surface area is 122 Å². The van der Waals surface area contributed by atoms with Gasteiger partial charge in [-0.2, -0.15) is 0 Å². The molecule has 104 valence electrons. The van der Waals surface area contributed by atoms with E-state index in [9.17, 15) is 9.90 Å². The molecule has 1 aliphatic heterocycles. The average molecular weight is 303 g/mol. The van der Waals surface area contributed by atoms with Gasteiger partial charge in [-0.25, -0.2) is 0 Å². The molecule has 0 bridgehead atoms. The molecular formula is C13H16Cl2N2O2. The van der Waals surface area contributed by atoms with E-state index < -0.39 is 0 Å². The predicted molar refractivity (Wildman–Crippen MR) is 76.8 cm³/mol. The number of anilines is 1. The lowest BCUT2D eigenvalue weighted by Gasteiger charge is -2.14. The summed E-state index contributed by atoms with van der Waals surface area (Å²) in [7, 11) is 0. The van der Waals surface area contributed by atoms with Gasteiger partial charge in [0, 0.05) is 31.1 Å². The van der Waals surface area contributed by atoms with Crippen LogP contribution in [0.3, 0.4) is 0 Å². The minimum atomic E-state index is -0.259. The van der Waals surface area contributed by atoms with Crippen molar-refractivity contribution in [1.29, 1.82) is 0 Å². The Morgan fingerprint density at radius 1 is 1.47 bits per heavy atom. The van der Waals surface area contributed by atoms with Crippen molar-refractivity contribution in [3.05, 3.63) is 28.2 Å². The zero-order valence-electron chi connectivity index (χ0n) is 10.4. The lowest BCUT2D eigenvalue weighted by Crippen LogP contribution is -2.26. The van der Waals surface area contributed by atoms with Crippen LogP contribution in [0.5, 0.6) is 0 Å². The molecule has 2 N–H and O–H groups in total. The smallest absolute Gasteiger partial charge is 0.225 e. The van der Waals surface area contributed by atoms with E-state index in [1.54, 1.807) is 18.2 Å². The normalized spacial score (nSPS) is 19.6. The van der Waals surface area contributed by atoms with E-state index in [0.717, 1.165) is 13.0 Å². The quantitative estimate of drug-likeness (QED) is 0.898. The molecule has 4 nitrogen and oxygen atoms in total. The first-order chi connectivity index (χ1) is 9.04. The summed E-state index contributed by atoms with van der Waals surface area (Å²) in [4.78, 5) is 13.9. The summed E-state index contributed by atoms with van der Waals surface area (Å²) in [5.41, 5.74) is 0.528. The Balaban J connectivity index is 1.82. The SMILES string of the molecule is O=C(CCN1CCC(O)C1)Nc1cc(Cl)ccc1Cl. The zero-order valence-corrected chi connectivity index (χ0v) is 11.9. The van der Waals surface area contributed by atoms with E-state index in [-0.39, 0.29) is 12.0 Å². The van der Waals surface area contributed by atoms with Crippen LogP contribution in [-0.4, -0.2) is 41.7 Å². The summed E-state index contributed by atoms with van der Waals surface area (Å²) in [5.74, 6) is -0.106. The second-order valence-electron chi connectivity index (χ2n) is 4.67. The highest BCUT2D eigenvalue weighted by Crippen LogP contribution is 2.25. The molecule has 0 saturated carbocycles. The van der Waals surface area contributed by atoms with Crippen LogP contribution in [0.25, 0.3) is 0 Å². The minimum Gasteiger partial charge on any atom is -0.392 e. The number of rotatable bonds is 4. The fourth-order valence-electron chi connectivity index (χ4n) is 2.08. The molecule has 1 heterocycles. The second-order valence-corrected chi connectivity index (χ2v) is 5.51. The minimum absolute atomic E-state index is 0.106. The van der Waals surface area contributed by atoms with Crippen LogP contribution in [0.2, 0.25) is 10.0 Å². The highest BCUT2D eigenvalue weighted by molar-refractivity contribution is 6.35. The number of β-amino-alcohol motifs (C(OH)–C–C–N with tert-alkyl or cyclic N) is 1. The number of aliphatic hydroxyl groups is 1. The summed E-state index contributed by atoms with van der Waals surface area (Å²) in [6.45, 7) is 2.12. The van der Waals surface area contributed by atoms with Crippen LogP contribution in [0.15, 0.2) is 18.2 Å². The first kappa shape index (κ1) is 14.6. The molecule has 1 atom stereocenters. The number of carbonyl (C=O) groups is 1. The molecule has 1 aromatic carbocycles. The number of hydrogen-bond acceptors (Lipinski definition) is 3. The van der Waals surface area contributed by atoms with Crippen molar-refractivity contribution in [2.24, 2.45) is 0 Å². The molecule has 6 heteroatoms. The molecule has 1 saturated heterocycles. The van der Waals surface area contributed by atoms with Crippen molar-refractivity contribution < 1.29 is 9.90 Å². The van der Waals surface area contributed by atoms with Gasteiger partial charge in [0.1, 0.15) is 0 Å². The number of nitrogens with one attached hydrogen (secondary N) is 1. The highest BCUT2D eigenvalue weighted by atomic mass is 35.5. The van der Waals surface area contributed by atoms with Crippen molar-refractivity contribution >= 4 is 34.8 Å². The van der Waals surface area contributed by atoms with E-state index >= 15 is 0 Å². The number of benzene rings is 1. The Kier molecular flexibility index (Phi) is 5.05. The average Bonchev–Trinajstić information content (AvgIpc) is 2.77. The van der Waals surface area contributed by atoms with Gasteiger partial charge in [0.15, 0.2) is 0 Å². The fraction of sp³-hybridized carbons (Fsp3) is 0.462. The maximum Gasteiger partial charge on any atom is 0.225 e. The number of halogens is 2. The monoisotopic (exact) mass is 302 g/mol. The largest absolute Gasteiger partial charge is 0.392 e. The number of nitrogens with zero attached hydrogens (tertiary/aromatic N) is 1. The molecule has 1 aromatic rings. The molecule has 1 aliphatic rings. The molecule has 0 spiro atoms. The van der Waals surface area contributed by atoms with Gasteiger partial charge < -0.3 is 15.3 Å². The summed E-state index contributed by atoms with van der Waals surface area (Å²) in [6, 6.07) is 4.95. The van der Waals surface area contributed by atoms with Gasteiger partial charge in [0.25, 0.3) is 0 Å². The van der Waals surface area contributed by atoms with Crippen molar-refractivity contribution in [3.8, 4) is 0 Å². The van der Waals surface area contributed by atoms with Gasteiger partial charge >= 0.3 is 0 Å². The van der Waals surface area contributed by atoms with Gasteiger partial charge in [-0.05, 0) is 24.6 Å². The summed E-state index contributed by atoms with van der Waals surface area (Å²) in [6.07, 6.45) is 0.891. The number of carbonyl (C=O) groups excluding carboxylic acids is 1. The van der Waals surface area contributed by atoms with E-state index in [4.69, 9.17) is 23.2 Å². The Morgan fingerprint density at radius 2 is 2.26 bits per heavy atom. The fourth-order valence-corrected chi connectivity index (χ4v) is 2.42. The number of likely N-dealkylation sites (tertiary alicyclic amines) is 1. The van der Waals surface area contributed by atoms with Crippen molar-refractivity contribution in [1.82, 2.24) is 4.90 Å². The summed E-state index contributed by atoms with van der Waals surface area (Å²) >= 11 is 11.8. The maximum atomic E-state index is 11.8. The van der Waals surface area contributed by atoms with Crippen LogP contribution >= 0.6 is 23.2 Å². The van der Waals surface area contributed by atoms with E-state index in [0.29, 0.717) is 35.2 Å². The predicted octanol–water partition coefficient (Wildman–Crippen LogP) is 2.39. The zero-order chi connectivity index (χ0) is 13.8. The summed E-state index contributed by atoms with van der Waals surface area (Å²) in [5, 5.41) is 13.1. The van der Waals surface area contributed by atoms with Crippen molar-refractivity contribution in [2.45, 2.75) is 18.9 Å². The Bertz CT molecular complexity index is 468. The molecule has 2 rings (SSSR count).